The molecule has 0 saturated carbocycles. The van der Waals surface area contributed by atoms with Crippen molar-refractivity contribution >= 4 is 35.2 Å². The summed E-state index contributed by atoms with van der Waals surface area (Å²) in [5, 5.41) is 17.4. The Morgan fingerprint density at radius 2 is 1.66 bits per heavy atom. The second kappa shape index (κ2) is 16.0. The summed E-state index contributed by atoms with van der Waals surface area (Å²) in [5.74, 6) is -1.08. The monoisotopic (exact) mass is 604 g/mol. The highest BCUT2D eigenvalue weighted by Gasteiger charge is 2.22. The second-order valence-corrected chi connectivity index (χ2v) is 10.7. The molecule has 3 rings (SSSR count). The lowest BCUT2D eigenvalue weighted by atomic mass is 9.96. The van der Waals surface area contributed by atoms with Crippen molar-refractivity contribution in [3.05, 3.63) is 83.9 Å². The summed E-state index contributed by atoms with van der Waals surface area (Å²) in [5.41, 5.74) is 2.32. The van der Waals surface area contributed by atoms with Gasteiger partial charge in [0, 0.05) is 30.1 Å². The summed E-state index contributed by atoms with van der Waals surface area (Å²) in [6.45, 7) is 5.10. The number of methoxy groups -OCH3 is 1. The smallest absolute Gasteiger partial charge is 0.319 e. The molecule has 2 atom stereocenters. The molecule has 44 heavy (non-hydrogen) atoms. The molecular weight excluding hydrogens is 564 g/mol. The highest BCUT2D eigenvalue weighted by atomic mass is 16.5. The Labute approximate surface area is 257 Å². The first-order valence-corrected chi connectivity index (χ1v) is 14.3. The highest BCUT2D eigenvalue weighted by Crippen LogP contribution is 2.30. The number of carboxylic acid groups (broad SMARTS) is 1. The Kier molecular flexibility index (Phi) is 12.1. The Morgan fingerprint density at radius 1 is 0.932 bits per heavy atom. The number of ether oxygens (including phenoxy) is 2. The Hall–Kier alpha value is -5.06. The lowest BCUT2D eigenvalue weighted by Crippen LogP contribution is -2.40. The number of carbonyl (C=O) groups excluding carboxylic acids is 3. The van der Waals surface area contributed by atoms with Crippen molar-refractivity contribution in [1.82, 2.24) is 10.6 Å². The molecule has 0 aliphatic heterocycles. The lowest BCUT2D eigenvalue weighted by molar-refractivity contribution is -0.138. The van der Waals surface area contributed by atoms with Crippen LogP contribution in [-0.2, 0) is 14.4 Å². The normalized spacial score (nSPS) is 12.0. The van der Waals surface area contributed by atoms with Crippen molar-refractivity contribution in [1.29, 1.82) is 0 Å². The van der Waals surface area contributed by atoms with Crippen LogP contribution in [0.4, 0.5) is 16.2 Å². The molecule has 0 aliphatic carbocycles. The van der Waals surface area contributed by atoms with Gasteiger partial charge >= 0.3 is 12.0 Å². The number of rotatable bonds is 14. The summed E-state index contributed by atoms with van der Waals surface area (Å²) < 4.78 is 11.2. The number of hydrogen-bond acceptors (Lipinski definition) is 6. The largest absolute Gasteiger partial charge is 0.497 e. The van der Waals surface area contributed by atoms with Gasteiger partial charge in [0.1, 0.15) is 11.5 Å². The topological polar surface area (TPSA) is 146 Å². The third-order valence-corrected chi connectivity index (χ3v) is 6.93. The molecule has 4 amide bonds. The van der Waals surface area contributed by atoms with Crippen LogP contribution in [0.1, 0.15) is 50.3 Å². The molecule has 0 aromatic heterocycles. The van der Waals surface area contributed by atoms with Crippen molar-refractivity contribution in [2.75, 3.05) is 37.5 Å². The number of aliphatic carboxylic acids is 1. The third-order valence-electron chi connectivity index (χ3n) is 6.93. The van der Waals surface area contributed by atoms with E-state index in [2.05, 4.69) is 16.0 Å². The fourth-order valence-electron chi connectivity index (χ4n) is 4.44. The van der Waals surface area contributed by atoms with Gasteiger partial charge in [-0.1, -0.05) is 50.2 Å². The second-order valence-electron chi connectivity index (χ2n) is 10.7. The zero-order valence-electron chi connectivity index (χ0n) is 25.6. The van der Waals surface area contributed by atoms with Gasteiger partial charge in [-0.15, -0.1) is 0 Å². The number of hydrogen-bond donors (Lipinski definition) is 4. The zero-order valence-corrected chi connectivity index (χ0v) is 25.6. The molecule has 11 heteroatoms. The molecule has 3 aromatic rings. The predicted octanol–water partition coefficient (Wildman–Crippen LogP) is 4.95. The summed E-state index contributed by atoms with van der Waals surface area (Å²) in [7, 11) is 3.22. The molecular formula is C33H40N4O7. The van der Waals surface area contributed by atoms with Gasteiger partial charge < -0.3 is 35.4 Å². The molecule has 234 valence electrons. The molecule has 0 aliphatic rings. The van der Waals surface area contributed by atoms with Crippen molar-refractivity contribution in [2.45, 2.75) is 39.2 Å². The van der Waals surface area contributed by atoms with Gasteiger partial charge in [0.05, 0.1) is 25.6 Å². The van der Waals surface area contributed by atoms with Crippen molar-refractivity contribution in [3.8, 4) is 11.5 Å². The predicted molar refractivity (Wildman–Crippen MR) is 168 cm³/mol. The molecule has 0 spiro atoms. The van der Waals surface area contributed by atoms with E-state index in [4.69, 9.17) is 9.47 Å². The number of carboxylic acids is 1. The van der Waals surface area contributed by atoms with Crippen molar-refractivity contribution < 1.29 is 33.8 Å². The fourth-order valence-corrected chi connectivity index (χ4v) is 4.44. The molecule has 0 saturated heterocycles. The van der Waals surface area contributed by atoms with Gasteiger partial charge in [0.25, 0.3) is 5.91 Å². The van der Waals surface area contributed by atoms with Gasteiger partial charge in [0.15, 0.2) is 6.61 Å². The van der Waals surface area contributed by atoms with Crippen LogP contribution in [-0.4, -0.2) is 56.2 Å². The maximum atomic E-state index is 12.9. The van der Waals surface area contributed by atoms with E-state index in [-0.39, 0.29) is 25.0 Å². The van der Waals surface area contributed by atoms with Gasteiger partial charge in [-0.05, 0) is 55.2 Å². The number of anilines is 2. The Bertz CT molecular complexity index is 1460. The average molecular weight is 605 g/mol. The summed E-state index contributed by atoms with van der Waals surface area (Å²) in [6.07, 6.45) is 0.588. The average Bonchev–Trinajstić information content (AvgIpc) is 3.01. The molecule has 2 unspecified atom stereocenters. The SMILES string of the molecule is COc1cccc(N(C)C(=O)COc2ccccc2C(CC(C)C)NC(=O)CNC(=O)Nc2cccc(C(C)C(=O)O)c2)c1. The minimum absolute atomic E-state index is 0.214. The first-order chi connectivity index (χ1) is 21.0. The maximum Gasteiger partial charge on any atom is 0.319 e. The van der Waals surface area contributed by atoms with Gasteiger partial charge in [-0.25, -0.2) is 4.79 Å². The maximum absolute atomic E-state index is 12.9. The lowest BCUT2D eigenvalue weighted by Gasteiger charge is -2.24. The standard InChI is InChI=1S/C33H40N4O7/c1-21(2)16-28(36-30(38)19-34-33(42)35-24-11-8-10-23(17-24)22(3)32(40)41)27-14-6-7-15-29(27)44-20-31(39)37(4)25-12-9-13-26(18-25)43-5/h6-15,17-18,21-22,28H,16,19-20H2,1-5H3,(H,36,38)(H,40,41)(H2,34,35,42). The quantitative estimate of drug-likeness (QED) is 0.204. The van der Waals surface area contributed by atoms with Crippen LogP contribution in [0.15, 0.2) is 72.8 Å². The van der Waals surface area contributed by atoms with Crippen LogP contribution < -0.4 is 30.3 Å². The van der Waals surface area contributed by atoms with Crippen LogP contribution >= 0.6 is 0 Å². The summed E-state index contributed by atoms with van der Waals surface area (Å²) >= 11 is 0. The number of benzene rings is 3. The van der Waals surface area contributed by atoms with E-state index in [1.807, 2.05) is 26.0 Å². The number of amides is 4. The number of para-hydroxylation sites is 1. The first-order valence-electron chi connectivity index (χ1n) is 14.3. The van der Waals surface area contributed by atoms with E-state index >= 15 is 0 Å². The fraction of sp³-hybridized carbons (Fsp3) is 0.333. The van der Waals surface area contributed by atoms with Crippen molar-refractivity contribution in [2.24, 2.45) is 5.92 Å². The Balaban J connectivity index is 1.62. The van der Waals surface area contributed by atoms with Crippen LogP contribution in [0, 0.1) is 5.92 Å². The van der Waals surface area contributed by atoms with E-state index < -0.39 is 29.9 Å². The van der Waals surface area contributed by atoms with E-state index in [1.54, 1.807) is 81.7 Å². The van der Waals surface area contributed by atoms with E-state index in [9.17, 15) is 24.3 Å². The molecule has 0 fully saturated rings. The molecule has 3 aromatic carbocycles. The first kappa shape index (κ1) is 33.4. The van der Waals surface area contributed by atoms with Crippen LogP contribution in [0.5, 0.6) is 11.5 Å². The third kappa shape index (κ3) is 9.75. The number of urea groups is 1. The van der Waals surface area contributed by atoms with E-state index in [0.717, 1.165) is 0 Å². The van der Waals surface area contributed by atoms with Gasteiger partial charge in [-0.3, -0.25) is 14.4 Å². The van der Waals surface area contributed by atoms with E-state index in [0.29, 0.717) is 40.4 Å². The molecule has 4 N–H and O–H groups in total. The summed E-state index contributed by atoms with van der Waals surface area (Å²) in [6, 6.07) is 19.8. The Morgan fingerprint density at radius 3 is 2.36 bits per heavy atom. The van der Waals surface area contributed by atoms with Crippen LogP contribution in [0.25, 0.3) is 0 Å². The number of nitrogens with zero attached hydrogens (tertiary/aromatic N) is 1. The summed E-state index contributed by atoms with van der Waals surface area (Å²) in [4.78, 5) is 51.1. The van der Waals surface area contributed by atoms with E-state index in [1.165, 1.54) is 4.90 Å². The minimum atomic E-state index is -0.974. The molecule has 0 heterocycles. The van der Waals surface area contributed by atoms with Crippen molar-refractivity contribution in [3.63, 3.8) is 0 Å². The molecule has 0 radical (unpaired) electrons. The van der Waals surface area contributed by atoms with Gasteiger partial charge in [0.2, 0.25) is 5.91 Å². The zero-order chi connectivity index (χ0) is 32.2. The van der Waals surface area contributed by atoms with Gasteiger partial charge in [-0.2, -0.15) is 0 Å². The van der Waals surface area contributed by atoms with Crippen LogP contribution in [0.3, 0.4) is 0 Å². The molecule has 0 bridgehead atoms. The van der Waals surface area contributed by atoms with Crippen LogP contribution in [0.2, 0.25) is 0 Å². The minimum Gasteiger partial charge on any atom is -0.497 e. The molecule has 11 nitrogen and oxygen atoms in total. The number of carbonyl (C=O) groups is 4. The number of likely N-dealkylation sites (N-methyl/N-ethyl adjacent to an activating group) is 1. The number of nitrogens with one attached hydrogen (secondary N) is 3. The highest BCUT2D eigenvalue weighted by molar-refractivity contribution is 5.94.